The molecule has 3 aliphatic rings. The molecule has 15 nitrogen and oxygen atoms in total. The van der Waals surface area contributed by atoms with Gasteiger partial charge in [-0.3, -0.25) is 14.4 Å². The fourth-order valence-corrected chi connectivity index (χ4v) is 9.20. The predicted octanol–water partition coefficient (Wildman–Crippen LogP) is 4.89. The topological polar surface area (TPSA) is 188 Å². The van der Waals surface area contributed by atoms with Gasteiger partial charge in [-0.25, -0.2) is 4.79 Å². The number of Topliss-reactive ketones (excluding diaryl/α,β-unsaturated/α-hetero) is 2. The Morgan fingerprint density at radius 3 is 2.40 bits per heavy atom. The largest absolute Gasteiger partial charge is 0.459 e. The Morgan fingerprint density at radius 1 is 1.07 bits per heavy atom. The van der Waals surface area contributed by atoms with Crippen molar-refractivity contribution in [3.05, 3.63) is 54.2 Å². The van der Waals surface area contributed by atoms with Crippen molar-refractivity contribution in [2.45, 2.75) is 129 Å². The number of esters is 1. The minimum Gasteiger partial charge on any atom is -0.459 e. The number of alkyl carbamates (subject to hydrolysis) is 1. The smallest absolute Gasteiger partial charge is 0.408 e. The zero-order valence-corrected chi connectivity index (χ0v) is 37.1. The van der Waals surface area contributed by atoms with Crippen LogP contribution in [0.2, 0.25) is 0 Å². The van der Waals surface area contributed by atoms with Crippen molar-refractivity contribution in [2.24, 2.45) is 23.7 Å². The number of ether oxygens (including phenoxy) is 5. The molecule has 16 heteroatoms. The number of aliphatic hydroxyl groups is 1. The number of ketones is 2. The number of benzene rings is 1. The Bertz CT molecular complexity index is 1880. The Hall–Kier alpha value is -4.35. The molecule has 5 rings (SSSR count). The average Bonchev–Trinajstić information content (AvgIpc) is 3.53. The number of aromatic nitrogens is 2. The maximum absolute atomic E-state index is 14.5. The third kappa shape index (κ3) is 10.4. The summed E-state index contributed by atoms with van der Waals surface area (Å²) in [5, 5.41) is 25.6. The first kappa shape index (κ1) is 46.7. The number of amides is 1. The Kier molecular flexibility index (Phi) is 15.2. The summed E-state index contributed by atoms with van der Waals surface area (Å²) in [5.74, 6) is -5.48. The number of hydrogen-bond donors (Lipinski definition) is 3. The van der Waals surface area contributed by atoms with Gasteiger partial charge in [-0.15, -0.1) is 0 Å². The molecule has 328 valence electrons. The molecule has 1 aromatic heterocycles. The second-order valence-corrected chi connectivity index (χ2v) is 17.5. The molecule has 60 heavy (non-hydrogen) atoms. The van der Waals surface area contributed by atoms with E-state index in [1.165, 1.54) is 6.92 Å². The highest BCUT2D eigenvalue weighted by Crippen LogP contribution is 2.40. The van der Waals surface area contributed by atoms with Crippen molar-refractivity contribution in [3.8, 4) is 11.3 Å². The van der Waals surface area contributed by atoms with E-state index in [0.717, 1.165) is 16.8 Å². The number of carbonyl (C=O) groups excluding carboxylic acids is 4. The van der Waals surface area contributed by atoms with Gasteiger partial charge in [-0.1, -0.05) is 64.1 Å². The standard InChI is InChI=1S/C44H61N5O10S/c1-11-33-44(8)37(47-42(60)59-44)26(4)34(50)24(2)23-43(7,58-41(54)45-20-12-14-29-16-18-30(19-17-29)31-15-13-21-46-48-31)38(27(5)35(51)28(6)39(53)56-33)57-40-36(52)32(49(9)10)22-25(3)55-40/h12-19,21,24-28,32-33,36-38,40,52H,11,20,22-23H2,1-10H3,(H,45,54)(H,47,60)/t24-,25-,26+,27+,28-,32+,33-,36-,37-,38-,40+,43-,44-/m1/s1. The van der Waals surface area contributed by atoms with Crippen molar-refractivity contribution in [1.29, 1.82) is 0 Å². The zero-order valence-electron chi connectivity index (χ0n) is 36.2. The van der Waals surface area contributed by atoms with Gasteiger partial charge in [0.05, 0.1) is 17.8 Å². The first-order valence-corrected chi connectivity index (χ1v) is 21.1. The molecule has 0 saturated carbocycles. The molecule has 0 radical (unpaired) electrons. The number of carbonyl (C=O) groups is 4. The molecule has 3 fully saturated rings. The van der Waals surface area contributed by atoms with Crippen LogP contribution in [0.5, 0.6) is 0 Å². The van der Waals surface area contributed by atoms with Crippen LogP contribution in [0.1, 0.15) is 80.2 Å². The van der Waals surface area contributed by atoms with E-state index >= 15 is 0 Å². The van der Waals surface area contributed by atoms with E-state index in [-0.39, 0.29) is 36.1 Å². The van der Waals surface area contributed by atoms with Crippen LogP contribution in [0.3, 0.4) is 0 Å². The molecule has 2 aromatic rings. The van der Waals surface area contributed by atoms with Crippen LogP contribution in [0.4, 0.5) is 4.79 Å². The van der Waals surface area contributed by atoms with Gasteiger partial charge >= 0.3 is 12.1 Å². The van der Waals surface area contributed by atoms with Crippen LogP contribution in [-0.4, -0.2) is 124 Å². The lowest BCUT2D eigenvalue weighted by Crippen LogP contribution is -2.60. The molecule has 0 bridgehead atoms. The summed E-state index contributed by atoms with van der Waals surface area (Å²) in [6.45, 7) is 13.6. The van der Waals surface area contributed by atoms with E-state index in [1.54, 1.807) is 46.9 Å². The summed E-state index contributed by atoms with van der Waals surface area (Å²) in [6, 6.07) is 10.3. The van der Waals surface area contributed by atoms with Crippen LogP contribution in [-0.2, 0) is 38.1 Å². The fourth-order valence-electron chi connectivity index (χ4n) is 8.89. The van der Waals surface area contributed by atoms with Gasteiger partial charge in [0, 0.05) is 42.1 Å². The molecule has 1 amide bonds. The number of aliphatic hydroxyl groups excluding tert-OH is 1. The van der Waals surface area contributed by atoms with Gasteiger partial charge in [-0.2, -0.15) is 10.2 Å². The van der Waals surface area contributed by atoms with Crippen LogP contribution >= 0.6 is 12.2 Å². The normalized spacial score (nSPS) is 35.6. The van der Waals surface area contributed by atoms with Gasteiger partial charge in [0.1, 0.15) is 35.6 Å². The summed E-state index contributed by atoms with van der Waals surface area (Å²) in [5.41, 5.74) is -0.407. The maximum atomic E-state index is 14.5. The minimum absolute atomic E-state index is 0.0640. The van der Waals surface area contributed by atoms with E-state index in [4.69, 9.17) is 35.9 Å². The molecule has 13 atom stereocenters. The molecule has 4 heterocycles. The van der Waals surface area contributed by atoms with Gasteiger partial charge in [0.25, 0.3) is 5.17 Å². The Labute approximate surface area is 358 Å². The van der Waals surface area contributed by atoms with E-state index in [0.29, 0.717) is 12.8 Å². The lowest BCUT2D eigenvalue weighted by molar-refractivity contribution is -0.292. The molecule has 0 aliphatic carbocycles. The van der Waals surface area contributed by atoms with Crippen molar-refractivity contribution < 1.29 is 48.0 Å². The predicted molar refractivity (Wildman–Crippen MR) is 227 cm³/mol. The second kappa shape index (κ2) is 19.6. The lowest BCUT2D eigenvalue weighted by atomic mass is 9.73. The van der Waals surface area contributed by atoms with Crippen LogP contribution in [0.25, 0.3) is 17.3 Å². The molecule has 0 spiro atoms. The minimum atomic E-state index is -1.71. The number of fused-ring (bicyclic) bond motifs is 1. The van der Waals surface area contributed by atoms with Crippen molar-refractivity contribution in [3.63, 3.8) is 0 Å². The summed E-state index contributed by atoms with van der Waals surface area (Å²) in [6.07, 6.45) is 0.157. The van der Waals surface area contributed by atoms with Crippen molar-refractivity contribution in [2.75, 3.05) is 20.6 Å². The van der Waals surface area contributed by atoms with Gasteiger partial charge in [-0.05, 0) is 91.0 Å². The highest BCUT2D eigenvalue weighted by Gasteiger charge is 2.57. The number of cyclic esters (lactones) is 1. The quantitative estimate of drug-likeness (QED) is 0.176. The lowest BCUT2D eigenvalue weighted by Gasteiger charge is -2.47. The Balaban J connectivity index is 1.48. The number of thiocarbonyl (C=S) groups is 1. The molecule has 3 N–H and O–H groups in total. The summed E-state index contributed by atoms with van der Waals surface area (Å²) in [7, 11) is 3.68. The van der Waals surface area contributed by atoms with Crippen LogP contribution in [0, 0.1) is 23.7 Å². The van der Waals surface area contributed by atoms with Gasteiger partial charge in [0.15, 0.2) is 17.7 Å². The number of nitrogens with one attached hydrogen (secondary N) is 2. The maximum Gasteiger partial charge on any atom is 0.408 e. The van der Waals surface area contributed by atoms with E-state index in [2.05, 4.69) is 20.8 Å². The summed E-state index contributed by atoms with van der Waals surface area (Å²) in [4.78, 5) is 58.6. The van der Waals surface area contributed by atoms with Gasteiger partial charge < -0.3 is 44.3 Å². The number of hydrogen-bond acceptors (Lipinski definition) is 14. The SMILES string of the molecule is CC[C@H]1OC(=O)[C@H](C)C(=O)[C@H](C)[C@@H](O[C@@H]2O[C@H](C)C[C@H](N(C)C)[C@H]2O)[C@](C)(OC(=O)NCC=Cc2ccc(-c3cccnn3)cc2)C[C@@H](C)C(=O)[C@H](C)[C@H]2NC(=S)O[C@@]21C. The summed E-state index contributed by atoms with van der Waals surface area (Å²) < 4.78 is 31.2. The van der Waals surface area contributed by atoms with Crippen LogP contribution in [0.15, 0.2) is 48.7 Å². The third-order valence-electron chi connectivity index (χ3n) is 12.2. The Morgan fingerprint density at radius 2 is 1.77 bits per heavy atom. The van der Waals surface area contributed by atoms with Gasteiger partial charge in [0.2, 0.25) is 0 Å². The monoisotopic (exact) mass is 851 g/mol. The van der Waals surface area contributed by atoms with E-state index in [9.17, 15) is 24.3 Å². The number of nitrogens with zero attached hydrogens (tertiary/aromatic N) is 3. The molecular formula is C44H61N5O10S. The van der Waals surface area contributed by atoms with Crippen molar-refractivity contribution in [1.82, 2.24) is 25.7 Å². The fraction of sp³-hybridized carbons (Fsp3) is 0.614. The average molecular weight is 852 g/mol. The second-order valence-electron chi connectivity index (χ2n) is 17.1. The first-order chi connectivity index (χ1) is 28.3. The first-order valence-electron chi connectivity index (χ1n) is 20.7. The van der Waals surface area contributed by atoms with Crippen molar-refractivity contribution >= 4 is 47.1 Å². The number of likely N-dealkylation sites (N-methyl/N-ethyl adjacent to an activating group) is 1. The third-order valence-corrected chi connectivity index (χ3v) is 12.4. The molecule has 3 aliphatic heterocycles. The highest BCUT2D eigenvalue weighted by molar-refractivity contribution is 7.80. The van der Waals surface area contributed by atoms with E-state index in [1.807, 2.05) is 75.3 Å². The molecule has 1 aromatic carbocycles. The molecule has 3 saturated heterocycles. The molecule has 0 unspecified atom stereocenters. The molecular weight excluding hydrogens is 791 g/mol. The zero-order chi connectivity index (χ0) is 44.1. The summed E-state index contributed by atoms with van der Waals surface area (Å²) >= 11 is 5.42. The number of rotatable bonds is 9. The highest BCUT2D eigenvalue weighted by atomic mass is 32.1. The van der Waals surface area contributed by atoms with Crippen LogP contribution < -0.4 is 10.6 Å². The van der Waals surface area contributed by atoms with E-state index < -0.39 is 83.4 Å².